The van der Waals surface area contributed by atoms with Gasteiger partial charge >= 0.3 is 0 Å². The fourth-order valence-electron chi connectivity index (χ4n) is 2.37. The molecule has 0 heterocycles. The van der Waals surface area contributed by atoms with Crippen molar-refractivity contribution in [3.05, 3.63) is 77.3 Å². The molecule has 0 aliphatic carbocycles. The Labute approximate surface area is 168 Å². The van der Waals surface area contributed by atoms with E-state index in [-0.39, 0.29) is 10.6 Å². The molecule has 0 bridgehead atoms. The molecule has 0 fully saturated rings. The van der Waals surface area contributed by atoms with Crippen LogP contribution in [0, 0.1) is 0 Å². The molecule has 0 amide bonds. The molecule has 0 aliphatic rings. The van der Waals surface area contributed by atoms with Crippen molar-refractivity contribution in [3.63, 3.8) is 0 Å². The highest BCUT2D eigenvalue weighted by Gasteiger charge is 2.14. The van der Waals surface area contributed by atoms with E-state index in [0.29, 0.717) is 27.7 Å². The summed E-state index contributed by atoms with van der Waals surface area (Å²) in [6.45, 7) is 0. The Morgan fingerprint density at radius 2 is 1.82 bits per heavy atom. The number of hydrogen-bond acceptors (Lipinski definition) is 5. The van der Waals surface area contributed by atoms with E-state index < -0.39 is 10.0 Å². The number of phenolic OH excluding ortho intramolecular Hbond substituents is 1. The van der Waals surface area contributed by atoms with Crippen LogP contribution in [0.15, 0.2) is 76.6 Å². The zero-order valence-corrected chi connectivity index (χ0v) is 16.4. The van der Waals surface area contributed by atoms with Crippen molar-refractivity contribution in [3.8, 4) is 11.5 Å². The van der Waals surface area contributed by atoms with Gasteiger partial charge in [-0.15, -0.1) is 0 Å². The maximum atomic E-state index is 12.6. The predicted octanol–water partition coefficient (Wildman–Crippen LogP) is 4.61. The van der Waals surface area contributed by atoms with Gasteiger partial charge in [0.15, 0.2) is 0 Å². The number of halogens is 1. The highest BCUT2D eigenvalue weighted by molar-refractivity contribution is 7.92. The second kappa shape index (κ2) is 8.33. The summed E-state index contributed by atoms with van der Waals surface area (Å²) in [6.07, 6.45) is 1.44. The third kappa shape index (κ3) is 4.82. The quantitative estimate of drug-likeness (QED) is 0.574. The average Bonchev–Trinajstić information content (AvgIpc) is 2.69. The first-order valence-corrected chi connectivity index (χ1v) is 10.0. The fraction of sp³-hybridized carbons (Fsp3) is 0.0500. The standard InChI is InChI=1S/C20H17ClN2O4S/c1-27-18-9-10-20(24)14(11-18)13-22-17-3-2-4-19(12-17)28(25,26)23-16-7-5-15(21)6-8-16/h2-13,23-24H,1H3. The molecule has 0 spiro atoms. The van der Waals surface area contributed by atoms with E-state index in [9.17, 15) is 13.5 Å². The SMILES string of the molecule is COc1ccc(O)c(C=Nc2cccc(S(=O)(=O)Nc3ccc(Cl)cc3)c2)c1. The molecule has 3 aromatic rings. The van der Waals surface area contributed by atoms with Gasteiger partial charge in [0.25, 0.3) is 10.0 Å². The van der Waals surface area contributed by atoms with E-state index >= 15 is 0 Å². The van der Waals surface area contributed by atoms with Gasteiger partial charge in [-0.05, 0) is 60.7 Å². The zero-order valence-electron chi connectivity index (χ0n) is 14.8. The number of phenols is 1. The molecule has 0 radical (unpaired) electrons. The Balaban J connectivity index is 1.84. The lowest BCUT2D eigenvalue weighted by Crippen LogP contribution is -2.12. The molecule has 3 aromatic carbocycles. The lowest BCUT2D eigenvalue weighted by molar-refractivity contribution is 0.412. The molecule has 3 rings (SSSR count). The van der Waals surface area contributed by atoms with Gasteiger partial charge in [0.2, 0.25) is 0 Å². The van der Waals surface area contributed by atoms with Crippen molar-refractivity contribution >= 4 is 39.2 Å². The minimum absolute atomic E-state index is 0.0396. The second-order valence-corrected chi connectivity index (χ2v) is 7.91. The monoisotopic (exact) mass is 416 g/mol. The van der Waals surface area contributed by atoms with Gasteiger partial charge < -0.3 is 9.84 Å². The normalized spacial score (nSPS) is 11.5. The lowest BCUT2D eigenvalue weighted by Gasteiger charge is -2.08. The number of ether oxygens (including phenoxy) is 1. The van der Waals surface area contributed by atoms with E-state index in [1.165, 1.54) is 31.5 Å². The molecule has 0 atom stereocenters. The number of benzene rings is 3. The van der Waals surface area contributed by atoms with E-state index in [1.54, 1.807) is 48.5 Å². The molecule has 2 N–H and O–H groups in total. The van der Waals surface area contributed by atoms with Crippen molar-refractivity contribution in [2.24, 2.45) is 4.99 Å². The molecule has 28 heavy (non-hydrogen) atoms. The third-order valence-electron chi connectivity index (χ3n) is 3.81. The maximum absolute atomic E-state index is 12.6. The Hall–Kier alpha value is -3.03. The number of aromatic hydroxyl groups is 1. The smallest absolute Gasteiger partial charge is 0.261 e. The zero-order chi connectivity index (χ0) is 20.1. The second-order valence-electron chi connectivity index (χ2n) is 5.79. The number of methoxy groups -OCH3 is 1. The van der Waals surface area contributed by atoms with Gasteiger partial charge in [-0.3, -0.25) is 9.71 Å². The van der Waals surface area contributed by atoms with Crippen LogP contribution in [0.3, 0.4) is 0 Å². The first-order valence-electron chi connectivity index (χ1n) is 8.17. The van der Waals surface area contributed by atoms with Crippen molar-refractivity contribution in [1.29, 1.82) is 0 Å². The first-order chi connectivity index (χ1) is 13.4. The van der Waals surface area contributed by atoms with Crippen LogP contribution in [0.4, 0.5) is 11.4 Å². The number of rotatable bonds is 6. The Bertz CT molecular complexity index is 1110. The largest absolute Gasteiger partial charge is 0.507 e. The van der Waals surface area contributed by atoms with Gasteiger partial charge in [0.05, 0.1) is 17.7 Å². The predicted molar refractivity (Wildman–Crippen MR) is 111 cm³/mol. The summed E-state index contributed by atoms with van der Waals surface area (Å²) < 4.78 is 32.8. The number of anilines is 1. The van der Waals surface area contributed by atoms with Gasteiger partial charge in [-0.2, -0.15) is 0 Å². The summed E-state index contributed by atoms with van der Waals surface area (Å²) in [5.74, 6) is 0.612. The van der Waals surface area contributed by atoms with Crippen molar-refractivity contribution in [2.75, 3.05) is 11.8 Å². The van der Waals surface area contributed by atoms with E-state index in [1.807, 2.05) is 0 Å². The van der Waals surface area contributed by atoms with Crippen molar-refractivity contribution < 1.29 is 18.3 Å². The molecule has 0 saturated carbocycles. The summed E-state index contributed by atoms with van der Waals surface area (Å²) in [7, 11) is -2.26. The molecule has 0 unspecified atom stereocenters. The molecule has 144 valence electrons. The summed E-state index contributed by atoms with van der Waals surface area (Å²) in [5, 5.41) is 10.4. The van der Waals surface area contributed by atoms with Crippen LogP contribution in [0.25, 0.3) is 0 Å². The molecule has 0 aromatic heterocycles. The van der Waals surface area contributed by atoms with Gasteiger partial charge in [-0.25, -0.2) is 8.42 Å². The number of hydrogen-bond donors (Lipinski definition) is 2. The summed E-state index contributed by atoms with van der Waals surface area (Å²) in [6, 6.07) is 17.3. The van der Waals surface area contributed by atoms with Crippen LogP contribution in [0.1, 0.15) is 5.56 Å². The average molecular weight is 417 g/mol. The maximum Gasteiger partial charge on any atom is 0.261 e. The molecular formula is C20H17ClN2O4S. The summed E-state index contributed by atoms with van der Waals surface area (Å²) in [4.78, 5) is 4.32. The van der Waals surface area contributed by atoms with Crippen LogP contribution in [0.5, 0.6) is 11.5 Å². The van der Waals surface area contributed by atoms with E-state index in [2.05, 4.69) is 9.71 Å². The Kier molecular flexibility index (Phi) is 5.87. The van der Waals surface area contributed by atoms with Crippen molar-refractivity contribution in [2.45, 2.75) is 4.90 Å². The number of aliphatic imine (C=N–C) groups is 1. The number of nitrogens with one attached hydrogen (secondary N) is 1. The topological polar surface area (TPSA) is 88.0 Å². The van der Waals surface area contributed by atoms with Gasteiger partial charge in [0, 0.05) is 22.5 Å². The molecule has 8 heteroatoms. The molecular weight excluding hydrogens is 400 g/mol. The Morgan fingerprint density at radius 3 is 2.54 bits per heavy atom. The third-order valence-corrected chi connectivity index (χ3v) is 5.44. The van der Waals surface area contributed by atoms with E-state index in [4.69, 9.17) is 16.3 Å². The highest BCUT2D eigenvalue weighted by atomic mass is 35.5. The minimum Gasteiger partial charge on any atom is -0.507 e. The fourth-order valence-corrected chi connectivity index (χ4v) is 3.59. The molecule has 6 nitrogen and oxygen atoms in total. The first kappa shape index (κ1) is 19.7. The van der Waals surface area contributed by atoms with Gasteiger partial charge in [-0.1, -0.05) is 17.7 Å². The highest BCUT2D eigenvalue weighted by Crippen LogP contribution is 2.24. The number of nitrogens with zero attached hydrogens (tertiary/aromatic N) is 1. The van der Waals surface area contributed by atoms with Crippen molar-refractivity contribution in [1.82, 2.24) is 0 Å². The minimum atomic E-state index is -3.79. The Morgan fingerprint density at radius 1 is 1.07 bits per heavy atom. The summed E-state index contributed by atoms with van der Waals surface area (Å²) >= 11 is 5.82. The van der Waals surface area contributed by atoms with E-state index in [0.717, 1.165) is 0 Å². The lowest BCUT2D eigenvalue weighted by atomic mass is 10.2. The molecule has 0 aliphatic heterocycles. The van der Waals surface area contributed by atoms with Crippen LogP contribution < -0.4 is 9.46 Å². The van der Waals surface area contributed by atoms with Gasteiger partial charge in [0.1, 0.15) is 11.5 Å². The molecule has 0 saturated heterocycles. The summed E-state index contributed by atoms with van der Waals surface area (Å²) in [5.41, 5.74) is 1.27. The van der Waals surface area contributed by atoms with Crippen LogP contribution in [-0.2, 0) is 10.0 Å². The van der Waals surface area contributed by atoms with Crippen LogP contribution >= 0.6 is 11.6 Å². The van der Waals surface area contributed by atoms with Crippen LogP contribution in [0.2, 0.25) is 5.02 Å². The number of sulfonamides is 1. The van der Waals surface area contributed by atoms with Crippen LogP contribution in [-0.4, -0.2) is 26.8 Å².